The Bertz CT molecular complexity index is 565. The molecule has 2 heterocycles. The highest BCUT2D eigenvalue weighted by Crippen LogP contribution is 2.36. The molecule has 100 valence electrons. The van der Waals surface area contributed by atoms with Gasteiger partial charge in [-0.1, -0.05) is 23.4 Å². The first-order valence-corrected chi connectivity index (χ1v) is 6.54. The maximum absolute atomic E-state index is 5.74. The Balaban J connectivity index is 1.89. The lowest BCUT2D eigenvalue weighted by molar-refractivity contribution is 0.272. The predicted molar refractivity (Wildman–Crippen MR) is 70.0 cm³/mol. The molecular weight excluding hydrogens is 242 g/mol. The summed E-state index contributed by atoms with van der Waals surface area (Å²) in [5.41, 5.74) is 6.87. The van der Waals surface area contributed by atoms with Crippen LogP contribution >= 0.6 is 0 Å². The van der Waals surface area contributed by atoms with Gasteiger partial charge in [-0.05, 0) is 19.4 Å². The molecule has 5 heteroatoms. The van der Waals surface area contributed by atoms with E-state index >= 15 is 0 Å². The van der Waals surface area contributed by atoms with Gasteiger partial charge in [-0.25, -0.2) is 0 Å². The van der Waals surface area contributed by atoms with Crippen LogP contribution in [-0.2, 0) is 6.42 Å². The lowest BCUT2D eigenvalue weighted by Crippen LogP contribution is -2.18. The van der Waals surface area contributed by atoms with Gasteiger partial charge in [-0.3, -0.25) is 0 Å². The third-order valence-corrected chi connectivity index (χ3v) is 3.25. The Kier molecular flexibility index (Phi) is 3.21. The summed E-state index contributed by atoms with van der Waals surface area (Å²) in [4.78, 5) is 4.46. The second-order valence-electron chi connectivity index (χ2n) is 4.96. The van der Waals surface area contributed by atoms with Crippen molar-refractivity contribution in [1.82, 2.24) is 10.1 Å². The maximum atomic E-state index is 5.74. The molecule has 1 aliphatic heterocycles. The Morgan fingerprint density at radius 2 is 2.26 bits per heavy atom. The van der Waals surface area contributed by atoms with Crippen LogP contribution in [0.25, 0.3) is 0 Å². The molecule has 0 saturated heterocycles. The monoisotopic (exact) mass is 259 g/mol. The van der Waals surface area contributed by atoms with Crippen LogP contribution in [0.3, 0.4) is 0 Å². The van der Waals surface area contributed by atoms with Crippen molar-refractivity contribution in [3.8, 4) is 5.75 Å². The Labute approximate surface area is 111 Å². The van der Waals surface area contributed by atoms with E-state index in [2.05, 4.69) is 16.2 Å². The number of rotatable bonds is 3. The SMILES string of the molecule is CC(N)Cc1nc(C2CCOc3ccccc32)no1. The van der Waals surface area contributed by atoms with Gasteiger partial charge >= 0.3 is 0 Å². The minimum absolute atomic E-state index is 0.0234. The number of hydrogen-bond donors (Lipinski definition) is 1. The quantitative estimate of drug-likeness (QED) is 0.910. The van der Waals surface area contributed by atoms with E-state index in [1.54, 1.807) is 0 Å². The van der Waals surface area contributed by atoms with Crippen molar-refractivity contribution in [2.24, 2.45) is 5.73 Å². The van der Waals surface area contributed by atoms with Crippen molar-refractivity contribution in [3.05, 3.63) is 41.5 Å². The molecule has 1 aromatic heterocycles. The van der Waals surface area contributed by atoms with Crippen LogP contribution in [0.5, 0.6) is 5.75 Å². The second kappa shape index (κ2) is 5.01. The minimum atomic E-state index is 0.0234. The van der Waals surface area contributed by atoms with E-state index in [9.17, 15) is 0 Å². The first-order chi connectivity index (χ1) is 9.24. The molecule has 0 amide bonds. The Morgan fingerprint density at radius 1 is 1.42 bits per heavy atom. The Hall–Kier alpha value is -1.88. The maximum Gasteiger partial charge on any atom is 0.228 e. The van der Waals surface area contributed by atoms with Crippen molar-refractivity contribution >= 4 is 0 Å². The average molecular weight is 259 g/mol. The summed E-state index contributed by atoms with van der Waals surface area (Å²) in [6.45, 7) is 2.60. The summed E-state index contributed by atoms with van der Waals surface area (Å²) in [6.07, 6.45) is 1.48. The molecule has 0 fully saturated rings. The molecule has 0 spiro atoms. The van der Waals surface area contributed by atoms with E-state index in [4.69, 9.17) is 15.0 Å². The van der Waals surface area contributed by atoms with Gasteiger partial charge in [-0.15, -0.1) is 0 Å². The Morgan fingerprint density at radius 3 is 3.11 bits per heavy atom. The largest absolute Gasteiger partial charge is 0.493 e. The number of nitrogens with zero attached hydrogens (tertiary/aromatic N) is 2. The fourth-order valence-electron chi connectivity index (χ4n) is 2.38. The number of hydrogen-bond acceptors (Lipinski definition) is 5. The fraction of sp³-hybridized carbons (Fsp3) is 0.429. The summed E-state index contributed by atoms with van der Waals surface area (Å²) >= 11 is 0. The van der Waals surface area contributed by atoms with Crippen LogP contribution in [0, 0.1) is 0 Å². The van der Waals surface area contributed by atoms with Crippen LogP contribution in [0.1, 0.15) is 36.5 Å². The summed E-state index contributed by atoms with van der Waals surface area (Å²) in [6, 6.07) is 8.03. The van der Waals surface area contributed by atoms with E-state index in [1.165, 1.54) is 0 Å². The van der Waals surface area contributed by atoms with Gasteiger partial charge in [0.15, 0.2) is 5.82 Å². The average Bonchev–Trinajstić information content (AvgIpc) is 2.85. The van der Waals surface area contributed by atoms with E-state index < -0.39 is 0 Å². The molecule has 2 aromatic rings. The predicted octanol–water partition coefficient (Wildman–Crippen LogP) is 1.87. The molecule has 2 N–H and O–H groups in total. The van der Waals surface area contributed by atoms with Crippen molar-refractivity contribution < 1.29 is 9.26 Å². The third-order valence-electron chi connectivity index (χ3n) is 3.25. The van der Waals surface area contributed by atoms with Gasteiger partial charge in [0, 0.05) is 18.0 Å². The van der Waals surface area contributed by atoms with Gasteiger partial charge in [0.05, 0.1) is 12.5 Å². The molecule has 19 heavy (non-hydrogen) atoms. The topological polar surface area (TPSA) is 74.2 Å². The van der Waals surface area contributed by atoms with Crippen LogP contribution in [0.2, 0.25) is 0 Å². The highest BCUT2D eigenvalue weighted by Gasteiger charge is 2.26. The molecule has 1 aromatic carbocycles. The zero-order valence-electron chi connectivity index (χ0n) is 10.9. The second-order valence-corrected chi connectivity index (χ2v) is 4.96. The third kappa shape index (κ3) is 2.46. The van der Waals surface area contributed by atoms with Gasteiger partial charge < -0.3 is 15.0 Å². The summed E-state index contributed by atoms with van der Waals surface area (Å²) in [7, 11) is 0. The van der Waals surface area contributed by atoms with Crippen molar-refractivity contribution in [3.63, 3.8) is 0 Å². The molecular formula is C14H17N3O2. The zero-order valence-corrected chi connectivity index (χ0v) is 10.9. The molecule has 0 saturated carbocycles. The lowest BCUT2D eigenvalue weighted by atomic mass is 9.92. The van der Waals surface area contributed by atoms with Gasteiger partial charge in [0.1, 0.15) is 5.75 Å². The van der Waals surface area contributed by atoms with Crippen LogP contribution in [0.4, 0.5) is 0 Å². The first-order valence-electron chi connectivity index (χ1n) is 6.54. The molecule has 0 bridgehead atoms. The summed E-state index contributed by atoms with van der Waals surface area (Å²) in [5, 5.41) is 4.09. The van der Waals surface area contributed by atoms with Crippen LogP contribution in [-0.4, -0.2) is 22.8 Å². The van der Waals surface area contributed by atoms with E-state index in [0.717, 1.165) is 23.6 Å². The lowest BCUT2D eigenvalue weighted by Gasteiger charge is -2.23. The molecule has 5 nitrogen and oxygen atoms in total. The molecule has 0 aliphatic carbocycles. The van der Waals surface area contributed by atoms with Crippen LogP contribution < -0.4 is 10.5 Å². The number of benzene rings is 1. The summed E-state index contributed by atoms with van der Waals surface area (Å²) < 4.78 is 10.9. The zero-order chi connectivity index (χ0) is 13.2. The van der Waals surface area contributed by atoms with Gasteiger partial charge in [0.2, 0.25) is 5.89 Å². The van der Waals surface area contributed by atoms with Gasteiger partial charge in [0.25, 0.3) is 0 Å². The first kappa shape index (κ1) is 12.2. The van der Waals surface area contributed by atoms with Crippen molar-refractivity contribution in [2.75, 3.05) is 6.61 Å². The van der Waals surface area contributed by atoms with E-state index in [-0.39, 0.29) is 12.0 Å². The highest BCUT2D eigenvalue weighted by molar-refractivity contribution is 5.40. The molecule has 2 unspecified atom stereocenters. The molecule has 2 atom stereocenters. The number of nitrogens with two attached hydrogens (primary N) is 1. The number of para-hydroxylation sites is 1. The molecule has 1 aliphatic rings. The van der Waals surface area contributed by atoms with Crippen molar-refractivity contribution in [1.29, 1.82) is 0 Å². The molecule has 0 radical (unpaired) electrons. The standard InChI is InChI=1S/C14H17N3O2/c1-9(15)8-13-16-14(17-19-13)11-6-7-18-12-5-3-2-4-10(11)12/h2-5,9,11H,6-8,15H2,1H3. The number of ether oxygens (including phenoxy) is 1. The number of aromatic nitrogens is 2. The highest BCUT2D eigenvalue weighted by atomic mass is 16.5. The van der Waals surface area contributed by atoms with Crippen molar-refractivity contribution in [2.45, 2.75) is 31.7 Å². The van der Waals surface area contributed by atoms with E-state index in [0.29, 0.717) is 18.9 Å². The van der Waals surface area contributed by atoms with Crippen LogP contribution in [0.15, 0.2) is 28.8 Å². The fourth-order valence-corrected chi connectivity index (χ4v) is 2.38. The molecule has 3 rings (SSSR count). The minimum Gasteiger partial charge on any atom is -0.493 e. The summed E-state index contributed by atoms with van der Waals surface area (Å²) in [5.74, 6) is 2.40. The number of fused-ring (bicyclic) bond motifs is 1. The normalized spacial score (nSPS) is 19.6. The van der Waals surface area contributed by atoms with Gasteiger partial charge in [-0.2, -0.15) is 4.98 Å². The van der Waals surface area contributed by atoms with E-state index in [1.807, 2.05) is 25.1 Å². The smallest absolute Gasteiger partial charge is 0.228 e.